The third-order valence-corrected chi connectivity index (χ3v) is 4.72. The predicted molar refractivity (Wildman–Crippen MR) is 88.1 cm³/mol. The molecule has 1 N–H and O–H groups in total. The van der Waals surface area contributed by atoms with Crippen molar-refractivity contribution in [2.24, 2.45) is 0 Å². The Kier molecular flexibility index (Phi) is 5.88. The smallest absolute Gasteiger partial charge is 0.137 e. The summed E-state index contributed by atoms with van der Waals surface area (Å²) in [5, 5.41) is 5.57. The molecular weight excluding hydrogens is 390 g/mol. The fourth-order valence-electron chi connectivity index (χ4n) is 1.86. The average molecular weight is 405 g/mol. The largest absolute Gasteiger partial charge is 0.495 e. The summed E-state index contributed by atoms with van der Waals surface area (Å²) in [5.41, 5.74) is 1.15. The monoisotopic (exact) mass is 403 g/mol. The lowest BCUT2D eigenvalue weighted by Crippen LogP contribution is -2.17. The van der Waals surface area contributed by atoms with Crippen molar-refractivity contribution in [3.8, 4) is 5.75 Å². The molecule has 0 spiro atoms. The van der Waals surface area contributed by atoms with Crippen molar-refractivity contribution in [1.82, 2.24) is 5.32 Å². The van der Waals surface area contributed by atoms with Crippen LogP contribution < -0.4 is 10.1 Å². The van der Waals surface area contributed by atoms with E-state index in [2.05, 4.69) is 60.8 Å². The summed E-state index contributed by atoms with van der Waals surface area (Å²) in [4.78, 5) is 1.41. The van der Waals surface area contributed by atoms with Crippen molar-refractivity contribution >= 4 is 43.2 Å². The lowest BCUT2D eigenvalue weighted by atomic mass is 10.2. The summed E-state index contributed by atoms with van der Waals surface area (Å²) in [7, 11) is 1.70. The number of thiophene rings is 1. The van der Waals surface area contributed by atoms with Crippen LogP contribution in [0.2, 0.25) is 0 Å². The number of ether oxygens (including phenoxy) is 1. The van der Waals surface area contributed by atoms with Gasteiger partial charge in [-0.1, -0.05) is 22.0 Å². The van der Waals surface area contributed by atoms with Gasteiger partial charge in [-0.3, -0.25) is 0 Å². The van der Waals surface area contributed by atoms with E-state index in [1.54, 1.807) is 18.4 Å². The molecule has 1 aromatic heterocycles. The van der Waals surface area contributed by atoms with Gasteiger partial charge >= 0.3 is 0 Å². The maximum absolute atomic E-state index is 5.43. The molecule has 0 fully saturated rings. The minimum atomic E-state index is 0.798. The number of benzene rings is 1. The maximum Gasteiger partial charge on any atom is 0.137 e. The van der Waals surface area contributed by atoms with Crippen molar-refractivity contribution in [1.29, 1.82) is 0 Å². The molecule has 102 valence electrons. The van der Waals surface area contributed by atoms with Gasteiger partial charge in [0.15, 0.2) is 0 Å². The minimum absolute atomic E-state index is 0.798. The van der Waals surface area contributed by atoms with Crippen molar-refractivity contribution in [2.45, 2.75) is 13.0 Å². The molecular formula is C14H15Br2NOS. The highest BCUT2D eigenvalue weighted by molar-refractivity contribution is 9.11. The van der Waals surface area contributed by atoms with Gasteiger partial charge in [0.05, 0.1) is 11.6 Å². The van der Waals surface area contributed by atoms with Gasteiger partial charge in [0.25, 0.3) is 0 Å². The minimum Gasteiger partial charge on any atom is -0.495 e. The Bertz CT molecular complexity index is 528. The normalized spacial score (nSPS) is 10.7. The zero-order valence-electron chi connectivity index (χ0n) is 10.6. The molecule has 0 aliphatic heterocycles. The first-order valence-electron chi connectivity index (χ1n) is 5.95. The zero-order valence-corrected chi connectivity index (χ0v) is 14.6. The number of rotatable bonds is 6. The van der Waals surface area contributed by atoms with E-state index < -0.39 is 0 Å². The van der Waals surface area contributed by atoms with Gasteiger partial charge in [0, 0.05) is 28.0 Å². The average Bonchev–Trinajstić information content (AvgIpc) is 2.87. The number of methoxy groups -OCH3 is 1. The van der Waals surface area contributed by atoms with Crippen molar-refractivity contribution in [2.75, 3.05) is 13.7 Å². The molecule has 19 heavy (non-hydrogen) atoms. The topological polar surface area (TPSA) is 21.3 Å². The molecule has 2 nitrogen and oxygen atoms in total. The van der Waals surface area contributed by atoms with Gasteiger partial charge in [0.1, 0.15) is 5.75 Å². The highest BCUT2D eigenvalue weighted by Gasteiger charge is 2.08. The molecule has 0 radical (unpaired) electrons. The first-order valence-corrected chi connectivity index (χ1v) is 8.42. The molecule has 0 bridgehead atoms. The molecule has 0 atom stereocenters. The Morgan fingerprint density at radius 3 is 2.84 bits per heavy atom. The summed E-state index contributed by atoms with van der Waals surface area (Å²) in [6.07, 6.45) is 1.06. The second-order valence-electron chi connectivity index (χ2n) is 4.09. The van der Waals surface area contributed by atoms with E-state index in [0.29, 0.717) is 0 Å². The zero-order chi connectivity index (χ0) is 13.7. The lowest BCUT2D eigenvalue weighted by Gasteiger charge is -2.12. The van der Waals surface area contributed by atoms with E-state index in [-0.39, 0.29) is 0 Å². The molecule has 0 unspecified atom stereocenters. The van der Waals surface area contributed by atoms with Crippen LogP contribution >= 0.6 is 43.2 Å². The van der Waals surface area contributed by atoms with Gasteiger partial charge in [-0.25, -0.2) is 0 Å². The maximum atomic E-state index is 5.43. The van der Waals surface area contributed by atoms with Crippen LogP contribution in [0, 0.1) is 0 Å². The summed E-state index contributed by atoms with van der Waals surface area (Å²) < 4.78 is 7.45. The van der Waals surface area contributed by atoms with Crippen LogP contribution in [0.15, 0.2) is 38.6 Å². The van der Waals surface area contributed by atoms with E-state index in [4.69, 9.17) is 4.74 Å². The lowest BCUT2D eigenvalue weighted by molar-refractivity contribution is 0.405. The Balaban J connectivity index is 1.92. The molecule has 2 rings (SSSR count). The van der Waals surface area contributed by atoms with Gasteiger partial charge < -0.3 is 10.1 Å². The van der Waals surface area contributed by atoms with Crippen LogP contribution in [-0.4, -0.2) is 13.7 Å². The Labute approximate surface area is 134 Å². The van der Waals surface area contributed by atoms with E-state index in [0.717, 1.165) is 39.8 Å². The van der Waals surface area contributed by atoms with Crippen LogP contribution in [0.1, 0.15) is 10.4 Å². The third kappa shape index (κ3) is 4.31. The second kappa shape index (κ2) is 7.43. The van der Waals surface area contributed by atoms with E-state index in [9.17, 15) is 0 Å². The highest BCUT2D eigenvalue weighted by Crippen LogP contribution is 2.32. The standard InChI is InChI=1S/C14H15Br2NOS/c1-18-14-10(7-11(15)8-13(14)16)9-17-5-4-12-3-2-6-19-12/h2-3,6-8,17H,4-5,9H2,1H3. The fraction of sp³-hybridized carbons (Fsp3) is 0.286. The summed E-state index contributed by atoms with van der Waals surface area (Å²) in [5.74, 6) is 0.895. The van der Waals surface area contributed by atoms with E-state index >= 15 is 0 Å². The van der Waals surface area contributed by atoms with Gasteiger partial charge in [-0.2, -0.15) is 0 Å². The molecule has 0 aliphatic carbocycles. The summed E-state index contributed by atoms with van der Waals surface area (Å²) in [6, 6.07) is 8.34. The molecule has 0 amide bonds. The predicted octanol–water partition coefficient (Wildman–Crippen LogP) is 4.61. The number of halogens is 2. The Morgan fingerprint density at radius 2 is 2.16 bits per heavy atom. The van der Waals surface area contributed by atoms with Gasteiger partial charge in [0.2, 0.25) is 0 Å². The van der Waals surface area contributed by atoms with Crippen LogP contribution in [0.5, 0.6) is 5.75 Å². The van der Waals surface area contributed by atoms with Gasteiger partial charge in [-0.05, 0) is 45.9 Å². The molecule has 1 heterocycles. The van der Waals surface area contributed by atoms with Crippen LogP contribution in [-0.2, 0) is 13.0 Å². The molecule has 5 heteroatoms. The Hall–Kier alpha value is -0.360. The second-order valence-corrected chi connectivity index (χ2v) is 6.89. The Morgan fingerprint density at radius 1 is 1.32 bits per heavy atom. The highest BCUT2D eigenvalue weighted by atomic mass is 79.9. The molecule has 0 aliphatic rings. The molecule has 0 saturated carbocycles. The van der Waals surface area contributed by atoms with Crippen molar-refractivity contribution in [3.63, 3.8) is 0 Å². The number of hydrogen-bond donors (Lipinski definition) is 1. The first kappa shape index (κ1) is 15.0. The quantitative estimate of drug-likeness (QED) is 0.709. The first-order chi connectivity index (χ1) is 9.20. The number of hydrogen-bond acceptors (Lipinski definition) is 3. The van der Waals surface area contributed by atoms with Gasteiger partial charge in [-0.15, -0.1) is 11.3 Å². The van der Waals surface area contributed by atoms with Crippen molar-refractivity contribution < 1.29 is 4.74 Å². The molecule has 2 aromatic rings. The fourth-order valence-corrected chi connectivity index (χ4v) is 4.05. The summed E-state index contributed by atoms with van der Waals surface area (Å²) >= 11 is 8.82. The van der Waals surface area contributed by atoms with Crippen LogP contribution in [0.25, 0.3) is 0 Å². The SMILES string of the molecule is COc1c(Br)cc(Br)cc1CNCCc1cccs1. The van der Waals surface area contributed by atoms with Crippen molar-refractivity contribution in [3.05, 3.63) is 49.0 Å². The van der Waals surface area contributed by atoms with E-state index in [1.165, 1.54) is 4.88 Å². The summed E-state index contributed by atoms with van der Waals surface area (Å²) in [6.45, 7) is 1.76. The van der Waals surface area contributed by atoms with Crippen LogP contribution in [0.4, 0.5) is 0 Å². The molecule has 0 saturated heterocycles. The third-order valence-electron chi connectivity index (χ3n) is 2.73. The van der Waals surface area contributed by atoms with E-state index in [1.807, 2.05) is 6.07 Å². The number of nitrogens with one attached hydrogen (secondary N) is 1. The van der Waals surface area contributed by atoms with Crippen LogP contribution in [0.3, 0.4) is 0 Å². The molecule has 1 aromatic carbocycles.